The van der Waals surface area contributed by atoms with Gasteiger partial charge in [-0.25, -0.2) is 13.2 Å². The molecule has 6 N–H and O–H groups in total. The number of oxime groups is 1. The average molecular weight is 559 g/mol. The van der Waals surface area contributed by atoms with E-state index in [0.29, 0.717) is 0 Å². The van der Waals surface area contributed by atoms with E-state index < -0.39 is 55.8 Å². The van der Waals surface area contributed by atoms with Gasteiger partial charge >= 0.3 is 17.7 Å². The van der Waals surface area contributed by atoms with Gasteiger partial charge in [-0.05, 0) is 42.4 Å². The van der Waals surface area contributed by atoms with Crippen LogP contribution in [0, 0.1) is 11.3 Å². The summed E-state index contributed by atoms with van der Waals surface area (Å²) >= 11 is 0. The maximum atomic E-state index is 12.9. The molecule has 2 rings (SSSR count). The predicted molar refractivity (Wildman–Crippen MR) is 123 cm³/mol. The minimum atomic E-state index is -5.53. The Kier molecular flexibility index (Phi) is 9.27. The van der Waals surface area contributed by atoms with Gasteiger partial charge in [0.15, 0.2) is 0 Å². The third-order valence-corrected chi connectivity index (χ3v) is 5.86. The monoisotopic (exact) mass is 559 g/mol. The number of sulfonamides is 1. The summed E-state index contributed by atoms with van der Waals surface area (Å²) in [7, 11) is -4.51. The summed E-state index contributed by atoms with van der Waals surface area (Å²) in [6.45, 7) is 0.822. The molecular formula is C20H20F3N7O7S. The van der Waals surface area contributed by atoms with Gasteiger partial charge < -0.3 is 26.5 Å². The molecule has 0 saturated heterocycles. The van der Waals surface area contributed by atoms with Crippen molar-refractivity contribution in [3.05, 3.63) is 58.0 Å². The zero-order valence-electron chi connectivity index (χ0n) is 19.4. The number of rotatable bonds is 10. The van der Waals surface area contributed by atoms with Gasteiger partial charge in [-0.2, -0.15) is 18.4 Å². The van der Waals surface area contributed by atoms with Crippen molar-refractivity contribution in [1.29, 1.82) is 5.26 Å². The number of aromatic nitrogens is 1. The van der Waals surface area contributed by atoms with E-state index in [1.165, 1.54) is 19.1 Å². The summed E-state index contributed by atoms with van der Waals surface area (Å²) in [5, 5.41) is 14.5. The summed E-state index contributed by atoms with van der Waals surface area (Å²) < 4.78 is 65.7. The lowest BCUT2D eigenvalue weighted by molar-refractivity contribution is -0.200. The van der Waals surface area contributed by atoms with Gasteiger partial charge in [0.05, 0.1) is 34.7 Å². The van der Waals surface area contributed by atoms with Crippen LogP contribution in [0.5, 0.6) is 0 Å². The molecule has 1 heterocycles. The van der Waals surface area contributed by atoms with Crippen LogP contribution in [0.4, 0.5) is 18.9 Å². The number of guanidine groups is 1. The summed E-state index contributed by atoms with van der Waals surface area (Å²) in [6.07, 6.45) is -5.53. The van der Waals surface area contributed by atoms with E-state index in [4.69, 9.17) is 16.7 Å². The van der Waals surface area contributed by atoms with E-state index in [0.717, 1.165) is 24.3 Å². The highest BCUT2D eigenvalue weighted by Gasteiger charge is 2.43. The Bertz CT molecular complexity index is 1450. The van der Waals surface area contributed by atoms with E-state index in [2.05, 4.69) is 20.1 Å². The number of carbonyl (C=O) groups is 2. The van der Waals surface area contributed by atoms with Gasteiger partial charge in [-0.3, -0.25) is 14.3 Å². The molecule has 14 nitrogen and oxygen atoms in total. The Balaban J connectivity index is 2.42. The number of carbonyl (C=O) groups excluding carboxylic acids is 2. The fraction of sp³-hybridized carbons (Fsp3) is 0.250. The van der Waals surface area contributed by atoms with Crippen LogP contribution in [-0.2, 0) is 24.4 Å². The van der Waals surface area contributed by atoms with Crippen LogP contribution in [0.1, 0.15) is 24.1 Å². The summed E-state index contributed by atoms with van der Waals surface area (Å²) in [5.74, 6) is -5.41. The first-order valence-corrected chi connectivity index (χ1v) is 11.7. The molecule has 204 valence electrons. The maximum absolute atomic E-state index is 12.9. The molecular weight excluding hydrogens is 539 g/mol. The summed E-state index contributed by atoms with van der Waals surface area (Å²) in [5.41, 5.74) is 7.23. The highest BCUT2D eigenvalue weighted by molar-refractivity contribution is 7.92. The molecule has 1 amide bonds. The smallest absolute Gasteiger partial charge is 0.391 e. The van der Waals surface area contributed by atoms with Crippen LogP contribution in [0.3, 0.4) is 0 Å². The summed E-state index contributed by atoms with van der Waals surface area (Å²) in [4.78, 5) is 45.3. The number of pyridine rings is 1. The van der Waals surface area contributed by atoms with Crippen molar-refractivity contribution in [1.82, 2.24) is 10.0 Å². The Hall–Kier alpha value is -4.79. The number of nitrogens with two attached hydrogens (primary N) is 2. The second-order valence-electron chi connectivity index (χ2n) is 7.26. The molecule has 2 aromatic rings. The number of benzene rings is 1. The highest BCUT2D eigenvalue weighted by Crippen LogP contribution is 2.20. The van der Waals surface area contributed by atoms with E-state index in [1.807, 2.05) is 4.72 Å². The molecule has 0 bridgehead atoms. The number of nitrogens with zero attached hydrogens (tertiary/aromatic N) is 3. The van der Waals surface area contributed by atoms with Crippen LogP contribution in [0.25, 0.3) is 0 Å². The number of nitriles is 1. The topological polar surface area (TPSA) is 221 Å². The van der Waals surface area contributed by atoms with Gasteiger partial charge in [-0.15, -0.1) is 4.73 Å². The number of nitrogens with one attached hydrogen (secondary N) is 2. The molecule has 0 aliphatic carbocycles. The number of alkyl halides is 3. The maximum Gasteiger partial charge on any atom is 0.493 e. The normalized spacial score (nSPS) is 12.0. The van der Waals surface area contributed by atoms with Gasteiger partial charge in [0.25, 0.3) is 10.0 Å². The van der Waals surface area contributed by atoms with Crippen LogP contribution in [0.15, 0.2) is 51.2 Å². The van der Waals surface area contributed by atoms with Crippen LogP contribution < -0.4 is 31.9 Å². The Morgan fingerprint density at radius 1 is 1.24 bits per heavy atom. The first-order chi connectivity index (χ1) is 17.7. The second kappa shape index (κ2) is 12.0. The largest absolute Gasteiger partial charge is 0.493 e. The Labute approximate surface area is 212 Å². The number of anilines is 1. The number of hydrogen-bond acceptors (Lipinski definition) is 9. The van der Waals surface area contributed by atoms with E-state index >= 15 is 0 Å². The molecule has 0 aliphatic rings. The molecule has 18 heteroatoms. The van der Waals surface area contributed by atoms with Crippen molar-refractivity contribution in [2.24, 2.45) is 16.6 Å². The molecule has 0 saturated carbocycles. The number of amides is 1. The third kappa shape index (κ3) is 7.60. The average Bonchev–Trinajstić information content (AvgIpc) is 2.84. The zero-order chi connectivity index (χ0) is 28.7. The second-order valence-corrected chi connectivity index (χ2v) is 8.94. The molecule has 0 radical (unpaired) electrons. The Morgan fingerprint density at radius 3 is 2.53 bits per heavy atom. The van der Waals surface area contributed by atoms with Crippen molar-refractivity contribution in [3.63, 3.8) is 0 Å². The van der Waals surface area contributed by atoms with E-state index in [9.17, 15) is 36.0 Å². The standard InChI is InChI=1S/C20H20F3N7O7S/c1-11(16(31)27-7-8-36-28-19(25)26)15-6-5-14(17(32)30(15)37-18(33)20(21,22)23)29-38(34,35)13-4-2-3-12(9-13)10-24/h2-6,9,11,29H,7-8H2,1H3,(H,27,31)(H4,25,26,28). The van der Waals surface area contributed by atoms with Crippen LogP contribution >= 0.6 is 0 Å². The Morgan fingerprint density at radius 2 is 1.92 bits per heavy atom. The van der Waals surface area contributed by atoms with Crippen molar-refractivity contribution in [2.75, 3.05) is 17.9 Å². The summed E-state index contributed by atoms with van der Waals surface area (Å²) in [6, 6.07) is 8.17. The molecule has 1 aromatic heterocycles. The van der Waals surface area contributed by atoms with E-state index in [1.54, 1.807) is 6.07 Å². The lowest BCUT2D eigenvalue weighted by Gasteiger charge is -2.19. The minimum absolute atomic E-state index is 0.0247. The quantitative estimate of drug-likeness (QED) is 0.126. The van der Waals surface area contributed by atoms with Crippen molar-refractivity contribution >= 4 is 33.5 Å². The predicted octanol–water partition coefficient (Wildman–Crippen LogP) is -0.537. The molecule has 1 unspecified atom stereocenters. The van der Waals surface area contributed by atoms with Gasteiger partial charge in [0, 0.05) is 0 Å². The molecule has 1 aromatic carbocycles. The van der Waals surface area contributed by atoms with Crippen molar-refractivity contribution in [2.45, 2.75) is 23.9 Å². The molecule has 0 spiro atoms. The molecule has 0 fully saturated rings. The molecule has 0 aliphatic heterocycles. The SMILES string of the molecule is CC(C(=O)NCCON=C(N)N)c1ccc(NS(=O)(=O)c2cccc(C#N)c2)c(=O)n1OC(=O)C(F)(F)F. The van der Waals surface area contributed by atoms with Crippen molar-refractivity contribution in [3.8, 4) is 6.07 Å². The minimum Gasteiger partial charge on any atom is -0.391 e. The first-order valence-electron chi connectivity index (χ1n) is 10.2. The van der Waals surface area contributed by atoms with Crippen LogP contribution in [0.2, 0.25) is 0 Å². The molecule has 1 atom stereocenters. The first kappa shape index (κ1) is 29.4. The lowest BCUT2D eigenvalue weighted by Crippen LogP contribution is -2.42. The van der Waals surface area contributed by atoms with Crippen LogP contribution in [-0.4, -0.2) is 50.3 Å². The van der Waals surface area contributed by atoms with Crippen molar-refractivity contribution < 1.29 is 40.9 Å². The van der Waals surface area contributed by atoms with Gasteiger partial charge in [0.1, 0.15) is 12.3 Å². The fourth-order valence-electron chi connectivity index (χ4n) is 2.73. The van der Waals surface area contributed by atoms with Gasteiger partial charge in [-0.1, -0.05) is 6.07 Å². The molecule has 38 heavy (non-hydrogen) atoms. The highest BCUT2D eigenvalue weighted by atomic mass is 32.2. The number of halogens is 3. The third-order valence-electron chi connectivity index (χ3n) is 4.49. The van der Waals surface area contributed by atoms with Gasteiger partial charge in [0.2, 0.25) is 11.9 Å². The number of hydrogen-bond donors (Lipinski definition) is 4. The van der Waals surface area contributed by atoms with E-state index in [-0.39, 0.29) is 29.4 Å². The lowest BCUT2D eigenvalue weighted by atomic mass is 10.1. The zero-order valence-corrected chi connectivity index (χ0v) is 20.2. The fourth-order valence-corrected chi connectivity index (χ4v) is 3.83.